The smallest absolute Gasteiger partial charge is 0.417 e. The lowest BCUT2D eigenvalue weighted by Gasteiger charge is -2.13. The van der Waals surface area contributed by atoms with E-state index in [0.717, 1.165) is 43.1 Å². The van der Waals surface area contributed by atoms with Crippen LogP contribution in [-0.2, 0) is 4.57 Å². The Morgan fingerprint density at radius 2 is 0.812 bits per heavy atom. The first-order valence-corrected chi connectivity index (χ1v) is 11.7. The summed E-state index contributed by atoms with van der Waals surface area (Å²) < 4.78 is 24.6. The van der Waals surface area contributed by atoms with Crippen LogP contribution in [0.5, 0.6) is 11.5 Å². The molecule has 0 fully saturated rings. The Morgan fingerprint density at radius 1 is 0.438 bits per heavy atom. The van der Waals surface area contributed by atoms with E-state index < -0.39 is 8.25 Å². The highest BCUT2D eigenvalue weighted by Crippen LogP contribution is 2.39. The Bertz CT molecular complexity index is 1530. The minimum Gasteiger partial charge on any atom is -0.417 e. The average Bonchev–Trinajstić information content (AvgIpc) is 2.82. The highest BCUT2D eigenvalue weighted by molar-refractivity contribution is 7.34. The van der Waals surface area contributed by atoms with Crippen molar-refractivity contribution in [2.24, 2.45) is 0 Å². The van der Waals surface area contributed by atoms with Crippen LogP contribution in [0.3, 0.4) is 0 Å². The Morgan fingerprint density at radius 3 is 1.25 bits per heavy atom. The zero-order chi connectivity index (χ0) is 21.5. The van der Waals surface area contributed by atoms with Crippen molar-refractivity contribution in [1.82, 2.24) is 0 Å². The van der Waals surface area contributed by atoms with Crippen molar-refractivity contribution in [2.75, 3.05) is 0 Å². The molecule has 0 aliphatic rings. The third-order valence-corrected chi connectivity index (χ3v) is 6.57. The molecule has 0 saturated heterocycles. The fourth-order valence-electron chi connectivity index (χ4n) is 4.25. The molecule has 6 rings (SSSR count). The zero-order valence-corrected chi connectivity index (χ0v) is 18.1. The van der Waals surface area contributed by atoms with Gasteiger partial charge in [0.2, 0.25) is 0 Å². The molecule has 0 spiro atoms. The first-order valence-electron chi connectivity index (χ1n) is 10.5. The van der Waals surface area contributed by atoms with E-state index in [9.17, 15) is 4.57 Å². The number of hydrogen-bond acceptors (Lipinski definition) is 3. The molecule has 0 aromatic heterocycles. The second-order valence-corrected chi connectivity index (χ2v) is 8.72. The van der Waals surface area contributed by atoms with E-state index in [0.29, 0.717) is 11.5 Å². The van der Waals surface area contributed by atoms with E-state index in [-0.39, 0.29) is 0 Å². The van der Waals surface area contributed by atoms with Crippen LogP contribution in [0.1, 0.15) is 0 Å². The van der Waals surface area contributed by atoms with Gasteiger partial charge in [0.1, 0.15) is 11.5 Å². The fourth-order valence-corrected chi connectivity index (χ4v) is 5.01. The Labute approximate surface area is 185 Å². The monoisotopic (exact) mass is 434 g/mol. The molecule has 0 saturated carbocycles. The number of benzene rings is 6. The maximum atomic E-state index is 12.9. The third-order valence-electron chi connectivity index (χ3n) is 5.80. The second-order valence-electron chi connectivity index (χ2n) is 7.81. The molecule has 0 aliphatic carbocycles. The summed E-state index contributed by atoms with van der Waals surface area (Å²) in [5, 5.41) is 8.43. The van der Waals surface area contributed by atoms with Crippen molar-refractivity contribution in [3.05, 3.63) is 109 Å². The van der Waals surface area contributed by atoms with Crippen LogP contribution in [-0.4, -0.2) is 0 Å². The van der Waals surface area contributed by atoms with Crippen molar-refractivity contribution in [3.63, 3.8) is 0 Å². The first-order chi connectivity index (χ1) is 15.7. The van der Waals surface area contributed by atoms with Crippen LogP contribution in [0, 0.1) is 0 Å². The van der Waals surface area contributed by atoms with Crippen molar-refractivity contribution in [1.29, 1.82) is 0 Å². The molecular weight excluding hydrogens is 415 g/mol. The molecule has 6 aromatic carbocycles. The minimum atomic E-state index is -2.83. The highest BCUT2D eigenvalue weighted by atomic mass is 31.1. The van der Waals surface area contributed by atoms with Crippen LogP contribution in [0.15, 0.2) is 109 Å². The van der Waals surface area contributed by atoms with Gasteiger partial charge in [0.15, 0.2) is 0 Å². The van der Waals surface area contributed by atoms with Gasteiger partial charge in [0.05, 0.1) is 0 Å². The quantitative estimate of drug-likeness (QED) is 0.207. The molecule has 0 unspecified atom stereocenters. The third kappa shape index (κ3) is 3.37. The van der Waals surface area contributed by atoms with Gasteiger partial charge < -0.3 is 9.05 Å². The molecule has 154 valence electrons. The van der Waals surface area contributed by atoms with Crippen molar-refractivity contribution in [2.45, 2.75) is 0 Å². The molecule has 0 amide bonds. The molecule has 0 N–H and O–H groups in total. The van der Waals surface area contributed by atoms with E-state index in [2.05, 4.69) is 48.5 Å². The maximum absolute atomic E-state index is 12.9. The van der Waals surface area contributed by atoms with Gasteiger partial charge in [-0.15, -0.1) is 0 Å². The normalized spacial score (nSPS) is 11.5. The summed E-state index contributed by atoms with van der Waals surface area (Å²) >= 11 is 0. The van der Waals surface area contributed by atoms with Crippen LogP contribution >= 0.6 is 8.25 Å². The summed E-state index contributed by atoms with van der Waals surface area (Å²) in [6, 6.07) is 36.3. The maximum Gasteiger partial charge on any atom is 0.419 e. The largest absolute Gasteiger partial charge is 0.419 e. The molecule has 32 heavy (non-hydrogen) atoms. The second kappa shape index (κ2) is 7.71. The summed E-state index contributed by atoms with van der Waals surface area (Å²) in [5.41, 5.74) is 0. The van der Waals surface area contributed by atoms with Gasteiger partial charge in [-0.05, 0) is 68.7 Å². The molecule has 3 nitrogen and oxygen atoms in total. The van der Waals surface area contributed by atoms with Crippen LogP contribution in [0.4, 0.5) is 0 Å². The van der Waals surface area contributed by atoms with Gasteiger partial charge in [-0.1, -0.05) is 72.8 Å². The molecule has 0 aliphatic heterocycles. The van der Waals surface area contributed by atoms with E-state index >= 15 is 0 Å². The predicted octanol–water partition coefficient (Wildman–Crippen LogP) is 8.15. The topological polar surface area (TPSA) is 35.5 Å². The van der Waals surface area contributed by atoms with E-state index in [1.165, 1.54) is 0 Å². The lowest BCUT2D eigenvalue weighted by Crippen LogP contribution is -1.91. The van der Waals surface area contributed by atoms with E-state index in [1.807, 2.05) is 60.7 Å². The molecule has 6 aromatic rings. The minimum absolute atomic E-state index is 0.558. The predicted molar refractivity (Wildman–Crippen MR) is 133 cm³/mol. The highest BCUT2D eigenvalue weighted by Gasteiger charge is 2.11. The van der Waals surface area contributed by atoms with Crippen molar-refractivity contribution >= 4 is 51.3 Å². The van der Waals surface area contributed by atoms with Gasteiger partial charge in [0.25, 0.3) is 0 Å². The summed E-state index contributed by atoms with van der Waals surface area (Å²) in [5.74, 6) is 1.12. The zero-order valence-electron chi connectivity index (χ0n) is 17.1. The van der Waals surface area contributed by atoms with Crippen LogP contribution in [0.25, 0.3) is 43.1 Å². The molecular formula is C28H19O3P. The molecule has 0 radical (unpaired) electrons. The lowest BCUT2D eigenvalue weighted by molar-refractivity contribution is 0.419. The Kier molecular flexibility index (Phi) is 4.56. The summed E-state index contributed by atoms with van der Waals surface area (Å²) in [4.78, 5) is 0. The first kappa shape index (κ1) is 18.9. The number of rotatable bonds is 4. The number of hydrogen-bond donors (Lipinski definition) is 0. The number of fused-ring (bicyclic) bond motifs is 4. The average molecular weight is 434 g/mol. The summed E-state index contributed by atoms with van der Waals surface area (Å²) in [6.07, 6.45) is 0. The van der Waals surface area contributed by atoms with Gasteiger partial charge >= 0.3 is 8.25 Å². The summed E-state index contributed by atoms with van der Waals surface area (Å²) in [7, 11) is -2.83. The van der Waals surface area contributed by atoms with Crippen LogP contribution in [0.2, 0.25) is 0 Å². The fraction of sp³-hybridized carbons (Fsp3) is 0. The van der Waals surface area contributed by atoms with Crippen molar-refractivity contribution in [3.8, 4) is 11.5 Å². The Hall–Kier alpha value is -3.81. The van der Waals surface area contributed by atoms with Gasteiger partial charge in [0, 0.05) is 10.8 Å². The van der Waals surface area contributed by atoms with Gasteiger partial charge in [-0.25, -0.2) is 4.57 Å². The summed E-state index contributed by atoms with van der Waals surface area (Å²) in [6.45, 7) is 0. The van der Waals surface area contributed by atoms with Crippen LogP contribution < -0.4 is 9.05 Å². The molecule has 0 atom stereocenters. The van der Waals surface area contributed by atoms with E-state index in [4.69, 9.17) is 9.05 Å². The van der Waals surface area contributed by atoms with Gasteiger partial charge in [-0.3, -0.25) is 0 Å². The molecule has 4 heteroatoms. The lowest BCUT2D eigenvalue weighted by atomic mass is 10.0. The SMILES string of the molecule is O=[PH](Oc1cccc2cc3ccccc3cc12)Oc1cccc2cc3ccccc3cc12. The standard InChI is InChI=1S/C28H19O3P/c29-32(30-27-13-5-11-23-15-19-7-1-3-9-21(19)17-25(23)27)31-28-14-6-12-24-16-20-8-2-4-10-22(20)18-26(24)28/h1-18,32H. The van der Waals surface area contributed by atoms with Crippen molar-refractivity contribution < 1.29 is 13.6 Å². The molecule has 0 heterocycles. The molecule has 0 bridgehead atoms. The van der Waals surface area contributed by atoms with Gasteiger partial charge in [-0.2, -0.15) is 0 Å². The Balaban J connectivity index is 1.36. The van der Waals surface area contributed by atoms with E-state index in [1.54, 1.807) is 0 Å².